The lowest BCUT2D eigenvalue weighted by molar-refractivity contribution is 0.507. The van der Waals surface area contributed by atoms with Gasteiger partial charge in [-0.2, -0.15) is 0 Å². The van der Waals surface area contributed by atoms with Crippen LogP contribution in [0.2, 0.25) is 0 Å². The lowest BCUT2D eigenvalue weighted by Crippen LogP contribution is -2.31. The molecule has 1 atom stereocenters. The highest BCUT2D eigenvalue weighted by atomic mass is 15.0. The fourth-order valence-electron chi connectivity index (χ4n) is 2.59. The molecule has 1 heterocycles. The second-order valence-electron chi connectivity index (χ2n) is 5.63. The van der Waals surface area contributed by atoms with Crippen molar-refractivity contribution in [1.29, 1.82) is 0 Å². The lowest BCUT2D eigenvalue weighted by atomic mass is 9.96. The van der Waals surface area contributed by atoms with Crippen LogP contribution in [0.1, 0.15) is 44.4 Å². The zero-order valence-corrected chi connectivity index (χ0v) is 11.4. The maximum absolute atomic E-state index is 6.09. The molecule has 0 radical (unpaired) electrons. The third kappa shape index (κ3) is 3.42. The molecular formula is C14H24N4. The van der Waals surface area contributed by atoms with Crippen molar-refractivity contribution in [1.82, 2.24) is 9.97 Å². The summed E-state index contributed by atoms with van der Waals surface area (Å²) in [5.41, 5.74) is 8.62. The summed E-state index contributed by atoms with van der Waals surface area (Å²) in [7, 11) is 0. The molecule has 2 rings (SSSR count). The van der Waals surface area contributed by atoms with Gasteiger partial charge in [0.05, 0.1) is 0 Å². The van der Waals surface area contributed by atoms with E-state index in [9.17, 15) is 0 Å². The average Bonchev–Trinajstić information content (AvgIpc) is 2.35. The van der Waals surface area contributed by atoms with E-state index >= 15 is 0 Å². The summed E-state index contributed by atoms with van der Waals surface area (Å²) in [4.78, 5) is 8.74. The molecule has 4 nitrogen and oxygen atoms in total. The van der Waals surface area contributed by atoms with E-state index in [-0.39, 0.29) is 6.04 Å². The normalized spacial score (nSPS) is 16.4. The molecule has 1 aromatic rings. The molecule has 0 amide bonds. The fourth-order valence-corrected chi connectivity index (χ4v) is 2.59. The van der Waals surface area contributed by atoms with Crippen molar-refractivity contribution in [2.45, 2.75) is 52.0 Å². The quantitative estimate of drug-likeness (QED) is 0.838. The summed E-state index contributed by atoms with van der Waals surface area (Å²) in [6.07, 6.45) is 7.38. The Hall–Kier alpha value is -1.16. The lowest BCUT2D eigenvalue weighted by Gasteiger charge is -2.20. The van der Waals surface area contributed by atoms with E-state index in [0.29, 0.717) is 5.92 Å². The van der Waals surface area contributed by atoms with Crippen LogP contribution in [0, 0.1) is 5.92 Å². The Kier molecular flexibility index (Phi) is 4.53. The molecule has 0 bridgehead atoms. The minimum absolute atomic E-state index is 0.194. The van der Waals surface area contributed by atoms with Gasteiger partial charge in [-0.3, -0.25) is 0 Å². The fraction of sp³-hybridized carbons (Fsp3) is 0.714. The second kappa shape index (κ2) is 6.14. The predicted octanol–water partition coefficient (Wildman–Crippen LogP) is 2.14. The molecule has 0 aliphatic heterocycles. The summed E-state index contributed by atoms with van der Waals surface area (Å²) in [6.45, 7) is 5.19. The Labute approximate surface area is 109 Å². The van der Waals surface area contributed by atoms with Gasteiger partial charge in [-0.05, 0) is 38.0 Å². The molecule has 4 heteroatoms. The number of fused-ring (bicyclic) bond motifs is 1. The van der Waals surface area contributed by atoms with Gasteiger partial charge in [-0.1, -0.05) is 13.8 Å². The van der Waals surface area contributed by atoms with E-state index in [2.05, 4.69) is 29.1 Å². The molecule has 1 aromatic heterocycles. The Bertz CT molecular complexity index is 389. The summed E-state index contributed by atoms with van der Waals surface area (Å²) in [6, 6.07) is 0.194. The van der Waals surface area contributed by atoms with E-state index < -0.39 is 0 Å². The zero-order valence-electron chi connectivity index (χ0n) is 11.4. The third-order valence-corrected chi connectivity index (χ3v) is 3.43. The molecular weight excluding hydrogens is 224 g/mol. The monoisotopic (exact) mass is 248 g/mol. The van der Waals surface area contributed by atoms with Crippen LogP contribution in [0.3, 0.4) is 0 Å². The van der Waals surface area contributed by atoms with E-state index in [0.717, 1.165) is 31.6 Å². The van der Waals surface area contributed by atoms with Crippen molar-refractivity contribution in [3.05, 3.63) is 17.6 Å². The SMILES string of the molecule is CC(C)CC(N)CNc1ncnc2c1CCCC2. The zero-order chi connectivity index (χ0) is 13.0. The first-order chi connectivity index (χ1) is 8.66. The van der Waals surface area contributed by atoms with Gasteiger partial charge in [0.25, 0.3) is 0 Å². The first-order valence-corrected chi connectivity index (χ1v) is 6.99. The van der Waals surface area contributed by atoms with Gasteiger partial charge in [0.1, 0.15) is 12.1 Å². The van der Waals surface area contributed by atoms with Gasteiger partial charge >= 0.3 is 0 Å². The van der Waals surface area contributed by atoms with Gasteiger partial charge in [0.2, 0.25) is 0 Å². The molecule has 0 saturated carbocycles. The Morgan fingerprint density at radius 2 is 2.06 bits per heavy atom. The predicted molar refractivity (Wildman–Crippen MR) is 74.6 cm³/mol. The van der Waals surface area contributed by atoms with Crippen molar-refractivity contribution in [3.63, 3.8) is 0 Å². The maximum atomic E-state index is 6.09. The third-order valence-electron chi connectivity index (χ3n) is 3.43. The van der Waals surface area contributed by atoms with Gasteiger partial charge in [0.15, 0.2) is 0 Å². The minimum atomic E-state index is 0.194. The van der Waals surface area contributed by atoms with E-state index in [1.54, 1.807) is 6.33 Å². The molecule has 0 fully saturated rings. The summed E-state index contributed by atoms with van der Waals surface area (Å²) in [5.74, 6) is 1.64. The van der Waals surface area contributed by atoms with Crippen LogP contribution in [-0.2, 0) is 12.8 Å². The van der Waals surface area contributed by atoms with E-state index in [1.807, 2.05) is 0 Å². The van der Waals surface area contributed by atoms with Gasteiger partial charge in [-0.15, -0.1) is 0 Å². The number of nitrogens with one attached hydrogen (secondary N) is 1. The van der Waals surface area contributed by atoms with Crippen molar-refractivity contribution in [2.75, 3.05) is 11.9 Å². The number of aromatic nitrogens is 2. The van der Waals surface area contributed by atoms with Crippen LogP contribution < -0.4 is 11.1 Å². The van der Waals surface area contributed by atoms with Crippen LogP contribution in [0.15, 0.2) is 6.33 Å². The molecule has 0 spiro atoms. The molecule has 1 aliphatic carbocycles. The van der Waals surface area contributed by atoms with Crippen molar-refractivity contribution in [3.8, 4) is 0 Å². The van der Waals surface area contributed by atoms with Crippen LogP contribution >= 0.6 is 0 Å². The summed E-state index contributed by atoms with van der Waals surface area (Å²) < 4.78 is 0. The van der Waals surface area contributed by atoms with Gasteiger partial charge in [-0.25, -0.2) is 9.97 Å². The summed E-state index contributed by atoms with van der Waals surface area (Å²) in [5, 5.41) is 3.40. The first-order valence-electron chi connectivity index (χ1n) is 6.99. The number of aryl methyl sites for hydroxylation is 1. The molecule has 1 unspecified atom stereocenters. The van der Waals surface area contributed by atoms with E-state index in [1.165, 1.54) is 24.1 Å². The molecule has 3 N–H and O–H groups in total. The Morgan fingerprint density at radius 3 is 2.83 bits per heavy atom. The highest BCUT2D eigenvalue weighted by molar-refractivity contribution is 5.47. The van der Waals surface area contributed by atoms with Crippen molar-refractivity contribution < 1.29 is 0 Å². The molecule has 0 saturated heterocycles. The largest absolute Gasteiger partial charge is 0.368 e. The molecule has 100 valence electrons. The van der Waals surface area contributed by atoms with Crippen LogP contribution in [-0.4, -0.2) is 22.6 Å². The molecule has 1 aliphatic rings. The highest BCUT2D eigenvalue weighted by Crippen LogP contribution is 2.24. The average molecular weight is 248 g/mol. The first kappa shape index (κ1) is 13.3. The topological polar surface area (TPSA) is 63.8 Å². The number of hydrogen-bond donors (Lipinski definition) is 2. The van der Waals surface area contributed by atoms with Gasteiger partial charge in [0, 0.05) is 23.8 Å². The van der Waals surface area contributed by atoms with Crippen molar-refractivity contribution >= 4 is 5.82 Å². The van der Waals surface area contributed by atoms with Crippen molar-refractivity contribution in [2.24, 2.45) is 11.7 Å². The smallest absolute Gasteiger partial charge is 0.132 e. The molecule has 0 aromatic carbocycles. The highest BCUT2D eigenvalue weighted by Gasteiger charge is 2.15. The van der Waals surface area contributed by atoms with Crippen LogP contribution in [0.4, 0.5) is 5.82 Å². The van der Waals surface area contributed by atoms with Crippen LogP contribution in [0.5, 0.6) is 0 Å². The summed E-state index contributed by atoms with van der Waals surface area (Å²) >= 11 is 0. The Balaban J connectivity index is 1.97. The number of rotatable bonds is 5. The standard InChI is InChI=1S/C14H24N4/c1-10(2)7-11(15)8-16-14-12-5-3-4-6-13(12)17-9-18-14/h9-11H,3-8,15H2,1-2H3,(H,16,17,18). The number of nitrogens with zero attached hydrogens (tertiary/aromatic N) is 2. The minimum Gasteiger partial charge on any atom is -0.368 e. The number of hydrogen-bond acceptors (Lipinski definition) is 4. The number of nitrogens with two attached hydrogens (primary N) is 1. The molecule has 18 heavy (non-hydrogen) atoms. The second-order valence-corrected chi connectivity index (χ2v) is 5.63. The van der Waals surface area contributed by atoms with Gasteiger partial charge < -0.3 is 11.1 Å². The van der Waals surface area contributed by atoms with Crippen LogP contribution in [0.25, 0.3) is 0 Å². The number of anilines is 1. The Morgan fingerprint density at radius 1 is 1.28 bits per heavy atom. The maximum Gasteiger partial charge on any atom is 0.132 e. The van der Waals surface area contributed by atoms with E-state index in [4.69, 9.17) is 5.73 Å².